The number of benzene rings is 2. The summed E-state index contributed by atoms with van der Waals surface area (Å²) in [5.41, 5.74) is 2.81. The number of hydrogen-bond acceptors (Lipinski definition) is 2. The van der Waals surface area contributed by atoms with Crippen LogP contribution in [0.2, 0.25) is 5.02 Å². The molecule has 1 N–H and O–H groups in total. The van der Waals surface area contributed by atoms with Gasteiger partial charge in [-0.1, -0.05) is 36.7 Å². The lowest BCUT2D eigenvalue weighted by atomic mass is 10.1. The highest BCUT2D eigenvalue weighted by Crippen LogP contribution is 2.22. The Labute approximate surface area is 136 Å². The smallest absolute Gasteiger partial charge is 0.265 e. The van der Waals surface area contributed by atoms with Gasteiger partial charge in [0.25, 0.3) is 5.91 Å². The van der Waals surface area contributed by atoms with Gasteiger partial charge in [0.05, 0.1) is 10.7 Å². The summed E-state index contributed by atoms with van der Waals surface area (Å²) in [6.07, 6.45) is 0.0148. The van der Waals surface area contributed by atoms with E-state index in [-0.39, 0.29) is 5.91 Å². The molecule has 1 atom stereocenters. The lowest BCUT2D eigenvalue weighted by Crippen LogP contribution is -2.32. The number of rotatable bonds is 5. The third-order valence-electron chi connectivity index (χ3n) is 3.27. The maximum absolute atomic E-state index is 12.4. The quantitative estimate of drug-likeness (QED) is 0.864. The maximum atomic E-state index is 12.4. The fourth-order valence-corrected chi connectivity index (χ4v) is 2.45. The van der Waals surface area contributed by atoms with E-state index < -0.39 is 6.10 Å². The van der Waals surface area contributed by atoms with Gasteiger partial charge in [-0.2, -0.15) is 0 Å². The van der Waals surface area contributed by atoms with E-state index in [1.807, 2.05) is 45.0 Å². The van der Waals surface area contributed by atoms with Crippen LogP contribution in [-0.4, -0.2) is 12.0 Å². The summed E-state index contributed by atoms with van der Waals surface area (Å²) in [5, 5.41) is 3.33. The molecule has 0 heterocycles. The molecule has 1 amide bonds. The van der Waals surface area contributed by atoms with Crippen molar-refractivity contribution < 1.29 is 9.53 Å². The standard InChI is InChI=1S/C18H20ClNO2/c1-4-17(22-14-10-12(2)9-13(3)11-14)18(21)20-16-8-6-5-7-15(16)19/h5-11,17H,4H2,1-3H3,(H,20,21)/t17-/m0/s1. The molecule has 0 aliphatic rings. The molecule has 0 bridgehead atoms. The first kappa shape index (κ1) is 16.4. The second kappa shape index (κ2) is 7.32. The maximum Gasteiger partial charge on any atom is 0.265 e. The third kappa shape index (κ3) is 4.25. The molecule has 0 saturated heterocycles. The molecular formula is C18H20ClNO2. The van der Waals surface area contributed by atoms with Gasteiger partial charge >= 0.3 is 0 Å². The van der Waals surface area contributed by atoms with Crippen LogP contribution in [0, 0.1) is 13.8 Å². The zero-order valence-corrected chi connectivity index (χ0v) is 13.8. The third-order valence-corrected chi connectivity index (χ3v) is 3.60. The van der Waals surface area contributed by atoms with Crippen molar-refractivity contribution in [2.24, 2.45) is 0 Å². The van der Waals surface area contributed by atoms with E-state index in [1.165, 1.54) is 0 Å². The highest BCUT2D eigenvalue weighted by molar-refractivity contribution is 6.33. The number of anilines is 1. The summed E-state index contributed by atoms with van der Waals surface area (Å²) < 4.78 is 5.84. The summed E-state index contributed by atoms with van der Waals surface area (Å²) in [7, 11) is 0. The van der Waals surface area contributed by atoms with Crippen molar-refractivity contribution in [3.63, 3.8) is 0 Å². The van der Waals surface area contributed by atoms with E-state index in [0.29, 0.717) is 22.9 Å². The largest absolute Gasteiger partial charge is 0.481 e. The first-order valence-electron chi connectivity index (χ1n) is 7.30. The van der Waals surface area contributed by atoms with E-state index in [2.05, 4.69) is 11.4 Å². The zero-order valence-electron chi connectivity index (χ0n) is 13.0. The predicted molar refractivity (Wildman–Crippen MR) is 90.7 cm³/mol. The number of aryl methyl sites for hydroxylation is 2. The van der Waals surface area contributed by atoms with Crippen molar-refractivity contribution in [3.05, 3.63) is 58.6 Å². The number of hydrogen-bond donors (Lipinski definition) is 1. The molecule has 0 aliphatic carbocycles. The Morgan fingerprint density at radius 1 is 1.18 bits per heavy atom. The highest BCUT2D eigenvalue weighted by Gasteiger charge is 2.19. The highest BCUT2D eigenvalue weighted by atomic mass is 35.5. The van der Waals surface area contributed by atoms with Crippen molar-refractivity contribution in [2.45, 2.75) is 33.3 Å². The minimum atomic E-state index is -0.558. The van der Waals surface area contributed by atoms with E-state index in [4.69, 9.17) is 16.3 Å². The summed E-state index contributed by atoms with van der Waals surface area (Å²) in [6, 6.07) is 13.1. The van der Waals surface area contributed by atoms with Crippen molar-refractivity contribution in [3.8, 4) is 5.75 Å². The van der Waals surface area contributed by atoms with Crippen LogP contribution in [0.5, 0.6) is 5.75 Å². The van der Waals surface area contributed by atoms with Gasteiger partial charge < -0.3 is 10.1 Å². The number of para-hydroxylation sites is 1. The monoisotopic (exact) mass is 317 g/mol. The Kier molecular flexibility index (Phi) is 5.45. The SMILES string of the molecule is CC[C@H](Oc1cc(C)cc(C)c1)C(=O)Nc1ccccc1Cl. The van der Waals surface area contributed by atoms with Crippen LogP contribution in [0.3, 0.4) is 0 Å². The zero-order chi connectivity index (χ0) is 16.1. The minimum absolute atomic E-state index is 0.199. The van der Waals surface area contributed by atoms with Gasteiger partial charge in [-0.25, -0.2) is 0 Å². The Bertz CT molecular complexity index is 650. The molecule has 0 unspecified atom stereocenters. The molecule has 0 radical (unpaired) electrons. The molecule has 2 aromatic carbocycles. The number of ether oxygens (including phenoxy) is 1. The average molecular weight is 318 g/mol. The average Bonchev–Trinajstić information content (AvgIpc) is 2.46. The number of nitrogens with one attached hydrogen (secondary N) is 1. The van der Waals surface area contributed by atoms with Gasteiger partial charge in [0.1, 0.15) is 5.75 Å². The molecule has 0 fully saturated rings. The van der Waals surface area contributed by atoms with E-state index in [1.54, 1.807) is 12.1 Å². The van der Waals surface area contributed by atoms with Gasteiger partial charge in [0, 0.05) is 0 Å². The van der Waals surface area contributed by atoms with Crippen LogP contribution < -0.4 is 10.1 Å². The lowest BCUT2D eigenvalue weighted by molar-refractivity contribution is -0.122. The number of halogens is 1. The van der Waals surface area contributed by atoms with Crippen LogP contribution in [0.1, 0.15) is 24.5 Å². The van der Waals surface area contributed by atoms with E-state index in [9.17, 15) is 4.79 Å². The van der Waals surface area contributed by atoms with Crippen molar-refractivity contribution in [2.75, 3.05) is 5.32 Å². The fourth-order valence-electron chi connectivity index (χ4n) is 2.26. The van der Waals surface area contributed by atoms with Crippen LogP contribution in [0.15, 0.2) is 42.5 Å². The van der Waals surface area contributed by atoms with Crippen LogP contribution in [0.4, 0.5) is 5.69 Å². The summed E-state index contributed by atoms with van der Waals surface area (Å²) >= 11 is 6.06. The van der Waals surface area contributed by atoms with Crippen molar-refractivity contribution in [1.29, 1.82) is 0 Å². The normalized spacial score (nSPS) is 11.8. The van der Waals surface area contributed by atoms with Crippen molar-refractivity contribution >= 4 is 23.2 Å². The topological polar surface area (TPSA) is 38.3 Å². The molecule has 0 saturated carbocycles. The van der Waals surface area contributed by atoms with E-state index in [0.717, 1.165) is 11.1 Å². The molecule has 2 aromatic rings. The molecule has 0 aliphatic heterocycles. The Hall–Kier alpha value is -2.00. The minimum Gasteiger partial charge on any atom is -0.481 e. The number of carbonyl (C=O) groups excluding carboxylic acids is 1. The summed E-state index contributed by atoms with van der Waals surface area (Å²) in [5.74, 6) is 0.508. The van der Waals surface area contributed by atoms with Crippen LogP contribution in [-0.2, 0) is 4.79 Å². The summed E-state index contributed by atoms with van der Waals surface area (Å²) in [6.45, 7) is 5.93. The van der Waals surface area contributed by atoms with Gasteiger partial charge in [0.15, 0.2) is 6.10 Å². The van der Waals surface area contributed by atoms with Gasteiger partial charge in [-0.3, -0.25) is 4.79 Å². The molecule has 4 heteroatoms. The molecule has 116 valence electrons. The molecule has 0 spiro atoms. The fraction of sp³-hybridized carbons (Fsp3) is 0.278. The van der Waals surface area contributed by atoms with Crippen LogP contribution in [0.25, 0.3) is 0 Å². The van der Waals surface area contributed by atoms with E-state index >= 15 is 0 Å². The first-order valence-corrected chi connectivity index (χ1v) is 7.67. The van der Waals surface area contributed by atoms with Crippen LogP contribution >= 0.6 is 11.6 Å². The number of amides is 1. The lowest BCUT2D eigenvalue weighted by Gasteiger charge is -2.18. The molecule has 0 aromatic heterocycles. The molecular weight excluding hydrogens is 298 g/mol. The molecule has 22 heavy (non-hydrogen) atoms. The predicted octanol–water partition coefficient (Wildman–Crippen LogP) is 4.75. The number of carbonyl (C=O) groups is 1. The Morgan fingerprint density at radius 3 is 2.41 bits per heavy atom. The molecule has 3 nitrogen and oxygen atoms in total. The van der Waals surface area contributed by atoms with Gasteiger partial charge in [0.2, 0.25) is 0 Å². The summed E-state index contributed by atoms with van der Waals surface area (Å²) in [4.78, 5) is 12.4. The van der Waals surface area contributed by atoms with Crippen molar-refractivity contribution in [1.82, 2.24) is 0 Å². The second-order valence-corrected chi connectivity index (χ2v) is 5.71. The first-order chi connectivity index (χ1) is 10.5. The molecule has 2 rings (SSSR count). The Balaban J connectivity index is 2.10. The van der Waals surface area contributed by atoms with Gasteiger partial charge in [-0.05, 0) is 55.7 Å². The Morgan fingerprint density at radius 2 is 1.82 bits per heavy atom. The second-order valence-electron chi connectivity index (χ2n) is 5.31. The van der Waals surface area contributed by atoms with Gasteiger partial charge in [-0.15, -0.1) is 0 Å².